The number of halogens is 1. The second-order valence-corrected chi connectivity index (χ2v) is 8.15. The number of primary sulfonamides is 1. The second kappa shape index (κ2) is 7.96. The van der Waals surface area contributed by atoms with Gasteiger partial charge in [0.2, 0.25) is 15.9 Å². The lowest BCUT2D eigenvalue weighted by Gasteiger charge is -2.33. The van der Waals surface area contributed by atoms with Crippen LogP contribution in [0.25, 0.3) is 0 Å². The van der Waals surface area contributed by atoms with Gasteiger partial charge in [-0.05, 0) is 55.3 Å². The zero-order valence-electron chi connectivity index (χ0n) is 14.9. The standard InChI is InChI=1S/C19H19FN4O3S/c20-15-1-6-18(14(11-15)12-21)24-9-7-13(8-10-24)19(25)23-16-2-4-17(5-3-16)28(22,26)27/h1-6,11,13H,7-10H2,(H,23,25)(H2,22,26,27). The van der Waals surface area contributed by atoms with Crippen molar-refractivity contribution in [1.29, 1.82) is 5.26 Å². The summed E-state index contributed by atoms with van der Waals surface area (Å²) in [4.78, 5) is 14.4. The van der Waals surface area contributed by atoms with Gasteiger partial charge in [0, 0.05) is 24.7 Å². The summed E-state index contributed by atoms with van der Waals surface area (Å²) in [6.45, 7) is 1.14. The first kappa shape index (κ1) is 19.8. The van der Waals surface area contributed by atoms with E-state index in [9.17, 15) is 22.9 Å². The molecule has 7 nitrogen and oxygen atoms in total. The molecule has 0 bridgehead atoms. The summed E-state index contributed by atoms with van der Waals surface area (Å²) >= 11 is 0. The van der Waals surface area contributed by atoms with Gasteiger partial charge in [0.15, 0.2) is 0 Å². The maximum absolute atomic E-state index is 13.3. The molecule has 3 N–H and O–H groups in total. The normalized spacial score (nSPS) is 15.1. The van der Waals surface area contributed by atoms with Crippen molar-refractivity contribution in [2.45, 2.75) is 17.7 Å². The van der Waals surface area contributed by atoms with Crippen molar-refractivity contribution in [1.82, 2.24) is 0 Å². The van der Waals surface area contributed by atoms with Crippen LogP contribution in [0.15, 0.2) is 47.4 Å². The van der Waals surface area contributed by atoms with Gasteiger partial charge in [-0.25, -0.2) is 17.9 Å². The zero-order valence-corrected chi connectivity index (χ0v) is 15.7. The minimum atomic E-state index is -3.77. The number of sulfonamides is 1. The Kier molecular flexibility index (Phi) is 5.63. The maximum atomic E-state index is 13.3. The molecule has 2 aromatic carbocycles. The number of amides is 1. The van der Waals surface area contributed by atoms with E-state index in [4.69, 9.17) is 5.14 Å². The van der Waals surface area contributed by atoms with Crippen LogP contribution in [0.4, 0.5) is 15.8 Å². The highest BCUT2D eigenvalue weighted by Gasteiger charge is 2.26. The predicted octanol–water partition coefficient (Wildman–Crippen LogP) is 2.20. The minimum absolute atomic E-state index is 0.0218. The van der Waals surface area contributed by atoms with E-state index >= 15 is 0 Å². The highest BCUT2D eigenvalue weighted by atomic mass is 32.2. The average molecular weight is 402 g/mol. The monoisotopic (exact) mass is 402 g/mol. The van der Waals surface area contributed by atoms with E-state index in [0.29, 0.717) is 37.3 Å². The molecule has 146 valence electrons. The van der Waals surface area contributed by atoms with Crippen LogP contribution in [-0.2, 0) is 14.8 Å². The molecule has 0 unspecified atom stereocenters. The molecule has 1 fully saturated rings. The maximum Gasteiger partial charge on any atom is 0.238 e. The minimum Gasteiger partial charge on any atom is -0.370 e. The molecule has 1 saturated heterocycles. The summed E-state index contributed by atoms with van der Waals surface area (Å²) in [5.41, 5.74) is 1.43. The first-order valence-corrected chi connectivity index (χ1v) is 10.2. The number of nitrogens with one attached hydrogen (secondary N) is 1. The number of benzene rings is 2. The number of nitrogens with zero attached hydrogens (tertiary/aromatic N) is 2. The molecule has 2 aromatic rings. The Morgan fingerprint density at radius 1 is 1.18 bits per heavy atom. The highest BCUT2D eigenvalue weighted by Crippen LogP contribution is 2.27. The Bertz CT molecular complexity index is 1020. The van der Waals surface area contributed by atoms with Crippen LogP contribution in [-0.4, -0.2) is 27.4 Å². The number of nitrogens with two attached hydrogens (primary N) is 1. The zero-order chi connectivity index (χ0) is 20.3. The Morgan fingerprint density at radius 3 is 2.39 bits per heavy atom. The van der Waals surface area contributed by atoms with E-state index in [0.717, 1.165) is 0 Å². The van der Waals surface area contributed by atoms with Crippen LogP contribution in [0.3, 0.4) is 0 Å². The number of carbonyl (C=O) groups excluding carboxylic acids is 1. The smallest absolute Gasteiger partial charge is 0.238 e. The number of piperidine rings is 1. The van der Waals surface area contributed by atoms with Gasteiger partial charge < -0.3 is 10.2 Å². The average Bonchev–Trinajstić information content (AvgIpc) is 2.67. The van der Waals surface area contributed by atoms with Gasteiger partial charge in [0.05, 0.1) is 16.1 Å². The summed E-state index contributed by atoms with van der Waals surface area (Å²) < 4.78 is 35.8. The van der Waals surface area contributed by atoms with Crippen LogP contribution in [0, 0.1) is 23.1 Å². The van der Waals surface area contributed by atoms with E-state index < -0.39 is 15.8 Å². The van der Waals surface area contributed by atoms with Crippen molar-refractivity contribution in [3.63, 3.8) is 0 Å². The lowest BCUT2D eigenvalue weighted by Crippen LogP contribution is -2.38. The number of nitriles is 1. The molecule has 28 heavy (non-hydrogen) atoms. The van der Waals surface area contributed by atoms with Gasteiger partial charge in [-0.3, -0.25) is 4.79 Å². The van der Waals surface area contributed by atoms with Gasteiger partial charge in [0.1, 0.15) is 11.9 Å². The van der Waals surface area contributed by atoms with E-state index in [1.165, 1.54) is 36.4 Å². The summed E-state index contributed by atoms with van der Waals surface area (Å²) in [6.07, 6.45) is 1.17. The molecule has 1 amide bonds. The Morgan fingerprint density at radius 2 is 1.82 bits per heavy atom. The summed E-state index contributed by atoms with van der Waals surface area (Å²) in [5.74, 6) is -0.814. The first-order valence-electron chi connectivity index (χ1n) is 8.66. The van der Waals surface area contributed by atoms with Crippen LogP contribution < -0.4 is 15.4 Å². The van der Waals surface area contributed by atoms with Crippen LogP contribution >= 0.6 is 0 Å². The molecule has 0 spiro atoms. The molecule has 0 aromatic heterocycles. The van der Waals surface area contributed by atoms with Crippen molar-refractivity contribution in [2.24, 2.45) is 11.1 Å². The summed E-state index contributed by atoms with van der Waals surface area (Å²) in [5, 5.41) is 17.0. The third-order valence-corrected chi connectivity index (χ3v) is 5.67. The van der Waals surface area contributed by atoms with Gasteiger partial charge in [-0.1, -0.05) is 0 Å². The molecule has 1 aliphatic rings. The molecule has 3 rings (SSSR count). The van der Waals surface area contributed by atoms with Gasteiger partial charge in [0.25, 0.3) is 0 Å². The molecule has 0 radical (unpaired) electrons. The second-order valence-electron chi connectivity index (χ2n) is 6.59. The highest BCUT2D eigenvalue weighted by molar-refractivity contribution is 7.89. The summed E-state index contributed by atoms with van der Waals surface area (Å²) in [7, 11) is -3.77. The largest absolute Gasteiger partial charge is 0.370 e. The van der Waals surface area contributed by atoms with E-state index in [2.05, 4.69) is 5.32 Å². The first-order chi connectivity index (χ1) is 13.3. The fourth-order valence-corrected chi connectivity index (χ4v) is 3.74. The van der Waals surface area contributed by atoms with Crippen LogP contribution in [0.2, 0.25) is 0 Å². The summed E-state index contributed by atoms with van der Waals surface area (Å²) in [6, 6.07) is 11.8. The van der Waals surface area contributed by atoms with Gasteiger partial charge >= 0.3 is 0 Å². The topological polar surface area (TPSA) is 116 Å². The number of rotatable bonds is 4. The fraction of sp³-hybridized carbons (Fsp3) is 0.263. The van der Waals surface area contributed by atoms with Crippen molar-refractivity contribution < 1.29 is 17.6 Å². The number of hydrogen-bond donors (Lipinski definition) is 2. The van der Waals surface area contributed by atoms with E-state index in [1.807, 2.05) is 11.0 Å². The van der Waals surface area contributed by atoms with Gasteiger partial charge in [-0.15, -0.1) is 0 Å². The predicted molar refractivity (Wildman–Crippen MR) is 102 cm³/mol. The molecule has 0 atom stereocenters. The third kappa shape index (κ3) is 4.47. The molecular formula is C19H19FN4O3S. The molecule has 0 aliphatic carbocycles. The van der Waals surface area contributed by atoms with Crippen LogP contribution in [0.1, 0.15) is 18.4 Å². The number of hydrogen-bond acceptors (Lipinski definition) is 5. The van der Waals surface area contributed by atoms with Crippen molar-refractivity contribution >= 4 is 27.3 Å². The number of anilines is 2. The molecule has 9 heteroatoms. The lowest BCUT2D eigenvalue weighted by molar-refractivity contribution is -0.120. The fourth-order valence-electron chi connectivity index (χ4n) is 3.23. The van der Waals surface area contributed by atoms with Crippen molar-refractivity contribution in [3.8, 4) is 6.07 Å². The third-order valence-electron chi connectivity index (χ3n) is 4.74. The Hall–Kier alpha value is -2.96. The van der Waals surface area contributed by atoms with Crippen molar-refractivity contribution in [2.75, 3.05) is 23.3 Å². The molecular weight excluding hydrogens is 383 g/mol. The number of carbonyl (C=O) groups is 1. The van der Waals surface area contributed by atoms with E-state index in [-0.39, 0.29) is 22.3 Å². The quantitative estimate of drug-likeness (QED) is 0.813. The Balaban J connectivity index is 1.61. The SMILES string of the molecule is N#Cc1cc(F)ccc1N1CCC(C(=O)Nc2ccc(S(N)(=O)=O)cc2)CC1. The molecule has 1 heterocycles. The molecule has 1 aliphatic heterocycles. The lowest BCUT2D eigenvalue weighted by atomic mass is 9.95. The van der Waals surface area contributed by atoms with Crippen molar-refractivity contribution in [3.05, 3.63) is 53.8 Å². The van der Waals surface area contributed by atoms with E-state index in [1.54, 1.807) is 6.07 Å². The Labute approximate surface area is 162 Å². The molecule has 0 saturated carbocycles. The van der Waals surface area contributed by atoms with Crippen LogP contribution in [0.5, 0.6) is 0 Å². The van der Waals surface area contributed by atoms with Gasteiger partial charge in [-0.2, -0.15) is 5.26 Å².